The molecule has 0 saturated carbocycles. The Bertz CT molecular complexity index is 986. The molecule has 0 aliphatic carbocycles. The van der Waals surface area contributed by atoms with Crippen LogP contribution in [0.15, 0.2) is 66.7 Å². The van der Waals surface area contributed by atoms with Crippen LogP contribution in [0.2, 0.25) is 10.0 Å². The Morgan fingerprint density at radius 3 is 2.56 bits per heavy atom. The maximum Gasteiger partial charge on any atom is 0.258 e. The van der Waals surface area contributed by atoms with Crippen LogP contribution in [0.3, 0.4) is 0 Å². The van der Waals surface area contributed by atoms with Crippen LogP contribution >= 0.6 is 23.2 Å². The SMILES string of the molecule is O=C(c1ccc(COc2ccc(Cl)cc2Cl)cc1)N1CCc2ccccc21. The van der Waals surface area contributed by atoms with Crippen molar-refractivity contribution in [2.45, 2.75) is 13.0 Å². The van der Waals surface area contributed by atoms with Crippen molar-refractivity contribution in [1.29, 1.82) is 0 Å². The molecular formula is C22H17Cl2NO2. The van der Waals surface area contributed by atoms with Crippen molar-refractivity contribution in [3.8, 4) is 5.75 Å². The summed E-state index contributed by atoms with van der Waals surface area (Å²) in [6, 6.07) is 20.7. The fraction of sp³-hybridized carbons (Fsp3) is 0.136. The number of amides is 1. The average molecular weight is 398 g/mol. The van der Waals surface area contributed by atoms with Gasteiger partial charge in [-0.05, 0) is 53.9 Å². The van der Waals surface area contributed by atoms with Crippen molar-refractivity contribution in [3.63, 3.8) is 0 Å². The van der Waals surface area contributed by atoms with Gasteiger partial charge in [-0.15, -0.1) is 0 Å². The number of para-hydroxylation sites is 1. The van der Waals surface area contributed by atoms with Crippen molar-refractivity contribution >= 4 is 34.8 Å². The number of benzene rings is 3. The molecule has 3 aromatic rings. The minimum Gasteiger partial charge on any atom is -0.487 e. The van der Waals surface area contributed by atoms with Crippen molar-refractivity contribution in [2.75, 3.05) is 11.4 Å². The molecule has 1 aliphatic heterocycles. The monoisotopic (exact) mass is 397 g/mol. The summed E-state index contributed by atoms with van der Waals surface area (Å²) in [5, 5.41) is 1.04. The van der Waals surface area contributed by atoms with E-state index in [9.17, 15) is 4.79 Å². The van der Waals surface area contributed by atoms with Crippen LogP contribution in [-0.2, 0) is 13.0 Å². The van der Waals surface area contributed by atoms with Crippen molar-refractivity contribution in [3.05, 3.63) is 93.5 Å². The van der Waals surface area contributed by atoms with Crippen LogP contribution < -0.4 is 9.64 Å². The van der Waals surface area contributed by atoms with Gasteiger partial charge in [-0.25, -0.2) is 0 Å². The summed E-state index contributed by atoms with van der Waals surface area (Å²) in [5.41, 5.74) is 3.85. The lowest BCUT2D eigenvalue weighted by molar-refractivity contribution is 0.0989. The molecule has 5 heteroatoms. The standard InChI is InChI=1S/C22H17Cl2NO2/c23-18-9-10-21(19(24)13-18)27-14-15-5-7-17(8-6-15)22(26)25-12-11-16-3-1-2-4-20(16)25/h1-10,13H,11-12,14H2. The van der Waals surface area contributed by atoms with E-state index in [1.54, 1.807) is 18.2 Å². The maximum absolute atomic E-state index is 12.8. The lowest BCUT2D eigenvalue weighted by Crippen LogP contribution is -2.28. The molecule has 0 bridgehead atoms. The van der Waals surface area contributed by atoms with E-state index in [1.165, 1.54) is 5.56 Å². The van der Waals surface area contributed by atoms with Gasteiger partial charge in [-0.3, -0.25) is 4.79 Å². The minimum absolute atomic E-state index is 0.0214. The van der Waals surface area contributed by atoms with Crippen LogP contribution in [-0.4, -0.2) is 12.5 Å². The topological polar surface area (TPSA) is 29.5 Å². The van der Waals surface area contributed by atoms with Gasteiger partial charge in [-0.2, -0.15) is 0 Å². The summed E-state index contributed by atoms with van der Waals surface area (Å²) in [6.07, 6.45) is 0.899. The first-order valence-electron chi connectivity index (χ1n) is 8.68. The van der Waals surface area contributed by atoms with Gasteiger partial charge in [0.05, 0.1) is 5.02 Å². The van der Waals surface area contributed by atoms with Crippen molar-refractivity contribution in [2.24, 2.45) is 0 Å². The number of carbonyl (C=O) groups excluding carboxylic acids is 1. The fourth-order valence-corrected chi connectivity index (χ4v) is 3.66. The highest BCUT2D eigenvalue weighted by Crippen LogP contribution is 2.30. The van der Waals surface area contributed by atoms with Crippen molar-refractivity contribution < 1.29 is 9.53 Å². The van der Waals surface area contributed by atoms with Crippen LogP contribution in [0.1, 0.15) is 21.5 Å². The van der Waals surface area contributed by atoms with Gasteiger partial charge in [0.25, 0.3) is 5.91 Å². The van der Waals surface area contributed by atoms with Gasteiger partial charge in [0.1, 0.15) is 12.4 Å². The molecule has 0 fully saturated rings. The van der Waals surface area contributed by atoms with Gasteiger partial charge >= 0.3 is 0 Å². The van der Waals surface area contributed by atoms with Gasteiger partial charge in [0, 0.05) is 22.8 Å². The first-order valence-corrected chi connectivity index (χ1v) is 9.44. The molecule has 1 amide bonds. The van der Waals surface area contributed by atoms with Crippen LogP contribution in [0.25, 0.3) is 0 Å². The van der Waals surface area contributed by atoms with E-state index >= 15 is 0 Å². The molecule has 0 aromatic heterocycles. The lowest BCUT2D eigenvalue weighted by Gasteiger charge is -2.17. The zero-order valence-electron chi connectivity index (χ0n) is 14.5. The molecule has 136 valence electrons. The Balaban J connectivity index is 1.44. The molecule has 0 N–H and O–H groups in total. The molecule has 3 nitrogen and oxygen atoms in total. The number of hydrogen-bond acceptors (Lipinski definition) is 2. The summed E-state index contributed by atoms with van der Waals surface area (Å²) < 4.78 is 5.74. The Labute approximate surface area is 168 Å². The summed E-state index contributed by atoms with van der Waals surface area (Å²) in [4.78, 5) is 14.7. The number of anilines is 1. The quantitative estimate of drug-likeness (QED) is 0.558. The normalized spacial score (nSPS) is 12.7. The number of rotatable bonds is 4. The molecule has 4 rings (SSSR count). The molecule has 0 radical (unpaired) electrons. The number of hydrogen-bond donors (Lipinski definition) is 0. The smallest absolute Gasteiger partial charge is 0.258 e. The zero-order valence-corrected chi connectivity index (χ0v) is 16.0. The first kappa shape index (κ1) is 17.9. The van der Waals surface area contributed by atoms with E-state index in [0.29, 0.717) is 28.0 Å². The van der Waals surface area contributed by atoms with Gasteiger partial charge in [0.2, 0.25) is 0 Å². The summed E-state index contributed by atoms with van der Waals surface area (Å²) in [5.74, 6) is 0.600. The number of nitrogens with zero attached hydrogens (tertiary/aromatic N) is 1. The van der Waals surface area contributed by atoms with Crippen LogP contribution in [0, 0.1) is 0 Å². The molecule has 0 unspecified atom stereocenters. The van der Waals surface area contributed by atoms with Gasteiger partial charge in [0.15, 0.2) is 0 Å². The Morgan fingerprint density at radius 2 is 1.78 bits per heavy atom. The van der Waals surface area contributed by atoms with Gasteiger partial charge in [-0.1, -0.05) is 53.5 Å². The second-order valence-corrected chi connectivity index (χ2v) is 7.24. The fourth-order valence-electron chi connectivity index (χ4n) is 3.20. The Kier molecular flexibility index (Phi) is 5.06. The largest absolute Gasteiger partial charge is 0.487 e. The first-order chi connectivity index (χ1) is 13.1. The number of ether oxygens (including phenoxy) is 1. The number of carbonyl (C=O) groups is 1. The second-order valence-electron chi connectivity index (χ2n) is 6.40. The molecule has 3 aromatic carbocycles. The molecule has 0 atom stereocenters. The van der Waals surface area contributed by atoms with E-state index in [-0.39, 0.29) is 5.91 Å². The summed E-state index contributed by atoms with van der Waals surface area (Å²) in [6.45, 7) is 1.08. The van der Waals surface area contributed by atoms with E-state index < -0.39 is 0 Å². The third-order valence-corrected chi connectivity index (χ3v) is 5.15. The minimum atomic E-state index is 0.0214. The Morgan fingerprint density at radius 1 is 1.00 bits per heavy atom. The third-order valence-electron chi connectivity index (χ3n) is 4.62. The lowest BCUT2D eigenvalue weighted by atomic mass is 10.1. The van der Waals surface area contributed by atoms with E-state index in [1.807, 2.05) is 47.4 Å². The third kappa shape index (κ3) is 3.80. The van der Waals surface area contributed by atoms with E-state index in [2.05, 4.69) is 6.07 Å². The zero-order chi connectivity index (χ0) is 18.8. The van der Waals surface area contributed by atoms with E-state index in [0.717, 1.165) is 24.2 Å². The predicted octanol–water partition coefficient (Wildman–Crippen LogP) is 5.78. The average Bonchev–Trinajstić information content (AvgIpc) is 3.11. The van der Waals surface area contributed by atoms with Gasteiger partial charge < -0.3 is 9.64 Å². The Hall–Kier alpha value is -2.49. The van der Waals surface area contributed by atoms with E-state index in [4.69, 9.17) is 27.9 Å². The predicted molar refractivity (Wildman–Crippen MR) is 109 cm³/mol. The molecule has 1 aliphatic rings. The summed E-state index contributed by atoms with van der Waals surface area (Å²) in [7, 11) is 0. The molecule has 1 heterocycles. The maximum atomic E-state index is 12.8. The highest BCUT2D eigenvalue weighted by Gasteiger charge is 2.24. The number of halogens is 2. The molecule has 0 spiro atoms. The van der Waals surface area contributed by atoms with Crippen molar-refractivity contribution in [1.82, 2.24) is 0 Å². The number of fused-ring (bicyclic) bond motifs is 1. The van der Waals surface area contributed by atoms with Crippen LogP contribution in [0.5, 0.6) is 5.75 Å². The van der Waals surface area contributed by atoms with Crippen LogP contribution in [0.4, 0.5) is 5.69 Å². The molecular weight excluding hydrogens is 381 g/mol. The second kappa shape index (κ2) is 7.63. The highest BCUT2D eigenvalue weighted by molar-refractivity contribution is 6.35. The highest BCUT2D eigenvalue weighted by atomic mass is 35.5. The molecule has 0 saturated heterocycles. The summed E-state index contributed by atoms with van der Waals surface area (Å²) >= 11 is 12.0. The molecule has 27 heavy (non-hydrogen) atoms.